The van der Waals surface area contributed by atoms with Crippen LogP contribution in [0.2, 0.25) is 0 Å². The molecule has 0 aliphatic carbocycles. The third-order valence-electron chi connectivity index (χ3n) is 2.86. The zero-order valence-electron chi connectivity index (χ0n) is 9.62. The van der Waals surface area contributed by atoms with E-state index < -0.39 is 17.9 Å². The van der Waals surface area contributed by atoms with Crippen molar-refractivity contribution < 1.29 is 14.7 Å². The highest BCUT2D eigenvalue weighted by molar-refractivity contribution is 6.00. The largest absolute Gasteiger partial charge is 0.481 e. The summed E-state index contributed by atoms with van der Waals surface area (Å²) in [5.41, 5.74) is 0.486. The van der Waals surface area contributed by atoms with E-state index in [0.717, 1.165) is 0 Å². The summed E-state index contributed by atoms with van der Waals surface area (Å²) in [5.74, 6) is -2.47. The summed E-state index contributed by atoms with van der Waals surface area (Å²) >= 11 is 0. The van der Waals surface area contributed by atoms with Crippen molar-refractivity contribution in [2.45, 2.75) is 25.4 Å². The minimum Gasteiger partial charge on any atom is -0.481 e. The van der Waals surface area contributed by atoms with Gasteiger partial charge in [-0.05, 0) is 6.92 Å². The van der Waals surface area contributed by atoms with E-state index in [0.29, 0.717) is 5.69 Å². The Morgan fingerprint density at radius 3 is 2.88 bits per heavy atom. The maximum absolute atomic E-state index is 11.8. The Kier molecular flexibility index (Phi) is 2.93. The van der Waals surface area contributed by atoms with Gasteiger partial charge in [-0.15, -0.1) is 5.10 Å². The number of carboxylic acid groups (broad SMARTS) is 1. The first-order valence-corrected chi connectivity index (χ1v) is 5.37. The zero-order valence-corrected chi connectivity index (χ0v) is 9.62. The monoisotopic (exact) mass is 238 g/mol. The molecule has 2 rings (SSSR count). The van der Waals surface area contributed by atoms with E-state index in [1.807, 2.05) is 6.92 Å². The molecule has 0 aromatic carbocycles. The number of aliphatic carboxylic acids is 1. The summed E-state index contributed by atoms with van der Waals surface area (Å²) in [6, 6.07) is -0.650. The fourth-order valence-corrected chi connectivity index (χ4v) is 2.12. The van der Waals surface area contributed by atoms with Crippen molar-refractivity contribution in [1.82, 2.24) is 20.3 Å². The molecule has 17 heavy (non-hydrogen) atoms. The molecule has 0 amide bonds. The first-order chi connectivity index (χ1) is 7.99. The normalized spacial score (nSPS) is 29.3. The lowest BCUT2D eigenvalue weighted by Gasteiger charge is -2.31. The number of carboxylic acids is 1. The molecule has 1 fully saturated rings. The van der Waals surface area contributed by atoms with Crippen LogP contribution in [0.1, 0.15) is 25.1 Å². The summed E-state index contributed by atoms with van der Waals surface area (Å²) in [6.45, 7) is 1.85. The van der Waals surface area contributed by atoms with Crippen molar-refractivity contribution in [2.24, 2.45) is 13.0 Å². The van der Waals surface area contributed by atoms with Crippen LogP contribution in [0.3, 0.4) is 0 Å². The molecule has 92 valence electrons. The van der Waals surface area contributed by atoms with Crippen LogP contribution in [0.5, 0.6) is 0 Å². The second-order valence-corrected chi connectivity index (χ2v) is 4.35. The molecule has 0 radical (unpaired) electrons. The van der Waals surface area contributed by atoms with Crippen LogP contribution < -0.4 is 5.32 Å². The molecular weight excluding hydrogens is 224 g/mol. The molecule has 1 aliphatic rings. The molecule has 1 saturated heterocycles. The van der Waals surface area contributed by atoms with Gasteiger partial charge < -0.3 is 10.4 Å². The maximum Gasteiger partial charge on any atom is 0.316 e. The first kappa shape index (κ1) is 11.7. The third kappa shape index (κ3) is 2.19. The average molecular weight is 238 g/mol. The lowest BCUT2D eigenvalue weighted by atomic mass is 9.85. The molecule has 0 bridgehead atoms. The Labute approximate surface area is 97.8 Å². The zero-order chi connectivity index (χ0) is 12.6. The van der Waals surface area contributed by atoms with Crippen molar-refractivity contribution in [3.8, 4) is 0 Å². The van der Waals surface area contributed by atoms with E-state index in [1.54, 1.807) is 13.2 Å². The minimum atomic E-state index is -1.12. The second-order valence-electron chi connectivity index (χ2n) is 4.35. The van der Waals surface area contributed by atoms with Crippen molar-refractivity contribution in [1.29, 1.82) is 0 Å². The van der Waals surface area contributed by atoms with E-state index in [2.05, 4.69) is 15.6 Å². The van der Waals surface area contributed by atoms with E-state index in [9.17, 15) is 9.59 Å². The lowest BCUT2D eigenvalue weighted by Crippen LogP contribution is -2.48. The van der Waals surface area contributed by atoms with Gasteiger partial charge in [-0.25, -0.2) is 0 Å². The predicted octanol–water partition coefficient (Wildman–Crippen LogP) is -0.492. The van der Waals surface area contributed by atoms with Crippen LogP contribution in [-0.4, -0.2) is 37.9 Å². The Morgan fingerprint density at radius 1 is 1.65 bits per heavy atom. The van der Waals surface area contributed by atoms with E-state index in [1.165, 1.54) is 4.68 Å². The van der Waals surface area contributed by atoms with Gasteiger partial charge in [0.15, 0.2) is 5.78 Å². The summed E-state index contributed by atoms with van der Waals surface area (Å²) in [4.78, 5) is 22.9. The van der Waals surface area contributed by atoms with Crippen molar-refractivity contribution >= 4 is 11.8 Å². The molecule has 0 spiro atoms. The SMILES string of the molecule is CC1CC(=O)C(C(=O)O)C(c2cn(C)nn2)N1. The van der Waals surface area contributed by atoms with Gasteiger partial charge in [0.2, 0.25) is 0 Å². The third-order valence-corrected chi connectivity index (χ3v) is 2.86. The van der Waals surface area contributed by atoms with Gasteiger partial charge in [-0.3, -0.25) is 14.3 Å². The summed E-state index contributed by atoms with van der Waals surface area (Å²) < 4.78 is 1.49. The highest BCUT2D eigenvalue weighted by Gasteiger charge is 2.41. The van der Waals surface area contributed by atoms with Gasteiger partial charge in [-0.2, -0.15) is 0 Å². The predicted molar refractivity (Wildman–Crippen MR) is 57.1 cm³/mol. The molecule has 7 heteroatoms. The van der Waals surface area contributed by atoms with E-state index >= 15 is 0 Å². The average Bonchev–Trinajstić information content (AvgIpc) is 2.62. The van der Waals surface area contributed by atoms with E-state index in [-0.39, 0.29) is 18.2 Å². The smallest absolute Gasteiger partial charge is 0.316 e. The Morgan fingerprint density at radius 2 is 2.35 bits per heavy atom. The molecule has 3 unspecified atom stereocenters. The highest BCUT2D eigenvalue weighted by Crippen LogP contribution is 2.28. The van der Waals surface area contributed by atoms with Crippen LogP contribution in [0.4, 0.5) is 0 Å². The van der Waals surface area contributed by atoms with Crippen LogP contribution in [0.15, 0.2) is 6.20 Å². The summed E-state index contributed by atoms with van der Waals surface area (Å²) in [5, 5.41) is 19.8. The standard InChI is InChI=1S/C10H14N4O3/c1-5-3-7(15)8(10(16)17)9(11-5)6-4-14(2)13-12-6/h4-5,8-9,11H,3H2,1-2H3,(H,16,17). The molecule has 1 aromatic heterocycles. The number of hydrogen-bond donors (Lipinski definition) is 2. The molecule has 0 saturated carbocycles. The number of aromatic nitrogens is 3. The van der Waals surface area contributed by atoms with Gasteiger partial charge >= 0.3 is 5.97 Å². The topological polar surface area (TPSA) is 97.1 Å². The van der Waals surface area contributed by atoms with Crippen LogP contribution in [0.25, 0.3) is 0 Å². The second kappa shape index (κ2) is 4.25. The fraction of sp³-hybridized carbons (Fsp3) is 0.600. The maximum atomic E-state index is 11.8. The number of carbonyl (C=O) groups excluding carboxylic acids is 1. The number of rotatable bonds is 2. The van der Waals surface area contributed by atoms with Crippen LogP contribution in [-0.2, 0) is 16.6 Å². The van der Waals surface area contributed by atoms with Crippen LogP contribution >= 0.6 is 0 Å². The van der Waals surface area contributed by atoms with Crippen molar-refractivity contribution in [3.05, 3.63) is 11.9 Å². The number of nitrogens with one attached hydrogen (secondary N) is 1. The number of piperidine rings is 1. The molecular formula is C10H14N4O3. The Bertz CT molecular complexity index is 456. The molecule has 2 N–H and O–H groups in total. The number of aryl methyl sites for hydroxylation is 1. The summed E-state index contributed by atoms with van der Waals surface area (Å²) in [7, 11) is 1.69. The van der Waals surface area contributed by atoms with Crippen molar-refractivity contribution in [2.75, 3.05) is 0 Å². The number of ketones is 1. The van der Waals surface area contributed by atoms with Gasteiger partial charge in [0.05, 0.1) is 6.04 Å². The fourth-order valence-electron chi connectivity index (χ4n) is 2.12. The van der Waals surface area contributed by atoms with E-state index in [4.69, 9.17) is 5.11 Å². The van der Waals surface area contributed by atoms with Crippen molar-refractivity contribution in [3.63, 3.8) is 0 Å². The van der Waals surface area contributed by atoms with Gasteiger partial charge in [0, 0.05) is 25.7 Å². The Balaban J connectivity index is 2.33. The molecule has 3 atom stereocenters. The number of hydrogen-bond acceptors (Lipinski definition) is 5. The van der Waals surface area contributed by atoms with Crippen LogP contribution in [0, 0.1) is 5.92 Å². The first-order valence-electron chi connectivity index (χ1n) is 5.37. The quantitative estimate of drug-likeness (QED) is 0.675. The number of nitrogens with zero attached hydrogens (tertiary/aromatic N) is 3. The molecule has 7 nitrogen and oxygen atoms in total. The minimum absolute atomic E-state index is 0.0508. The van der Waals surface area contributed by atoms with Gasteiger partial charge in [0.1, 0.15) is 11.6 Å². The lowest BCUT2D eigenvalue weighted by molar-refractivity contribution is -0.149. The molecule has 2 heterocycles. The summed E-state index contributed by atoms with van der Waals surface area (Å²) in [6.07, 6.45) is 1.85. The van der Waals surface area contributed by atoms with Gasteiger partial charge in [-0.1, -0.05) is 5.21 Å². The van der Waals surface area contributed by atoms with Gasteiger partial charge in [0.25, 0.3) is 0 Å². The highest BCUT2D eigenvalue weighted by atomic mass is 16.4. The molecule has 1 aliphatic heterocycles. The number of Topliss-reactive ketones (excluding diaryl/α,β-unsaturated/α-hetero) is 1. The Hall–Kier alpha value is -1.76. The molecule has 1 aromatic rings. The number of carbonyl (C=O) groups is 2.